The Bertz CT molecular complexity index is 319. The fourth-order valence-corrected chi connectivity index (χ4v) is 1.75. The molecule has 1 rings (SSSR count). The Kier molecular flexibility index (Phi) is 36.1. The summed E-state index contributed by atoms with van der Waals surface area (Å²) in [5.74, 6) is 0. The van der Waals surface area contributed by atoms with Crippen LogP contribution in [0.5, 0.6) is 0 Å². The van der Waals surface area contributed by atoms with Gasteiger partial charge in [-0.05, 0) is 41.4 Å². The molecule has 5 unspecified atom stereocenters. The summed E-state index contributed by atoms with van der Waals surface area (Å²) < 4.78 is 10.6. The summed E-state index contributed by atoms with van der Waals surface area (Å²) in [6.07, 6.45) is 8.58. The minimum atomic E-state index is -1.00. The zero-order chi connectivity index (χ0) is 16.3. The molecule has 1 saturated heterocycles. The Labute approximate surface area is 188 Å². The molecule has 1 heterocycles. The predicted octanol–water partition coefficient (Wildman–Crippen LogP) is 1.58. The molecule has 1 aliphatic heterocycles. The quantitative estimate of drug-likeness (QED) is 0.424. The molecule has 1 aliphatic rings. The Hall–Kier alpha value is 2.67. The Balaban J connectivity index is -0.0000000935. The molecular weight excluding hydrogens is 865 g/mol. The van der Waals surface area contributed by atoms with E-state index in [9.17, 15) is 10.2 Å². The average Bonchev–Trinajstić information content (AvgIpc) is 2.54. The summed E-state index contributed by atoms with van der Waals surface area (Å²) in [4.78, 5) is 0. The standard InChI is InChI=1S/C8H17O4P.C3H9P.C2H5P.3W/c1-5-7(9)8(10)6(12-5)4-11-13(2)3;1-4(2)3;1-3-2;;;/h5-10,13H,2,4H2,1,3H3;4H,1H2,2-3H3;1H2,2H3;;;. The van der Waals surface area contributed by atoms with Crippen molar-refractivity contribution >= 4 is 42.4 Å². The van der Waals surface area contributed by atoms with Crippen LogP contribution in [0, 0.1) is 0 Å². The third-order valence-corrected chi connectivity index (χ3v) is 2.75. The van der Waals surface area contributed by atoms with Crippen molar-refractivity contribution in [3.63, 3.8) is 0 Å². The van der Waals surface area contributed by atoms with Gasteiger partial charge in [0.25, 0.3) is 0 Å². The normalized spacial score (nSPS) is 26.3. The number of hydrogen-bond donors (Lipinski definition) is 2. The minimum Gasteiger partial charge on any atom is -0.388 e. The molecule has 0 aromatic rings. The molecule has 0 aromatic heterocycles. The van der Waals surface area contributed by atoms with Crippen molar-refractivity contribution in [1.29, 1.82) is 0 Å². The van der Waals surface area contributed by atoms with Gasteiger partial charge in [0, 0.05) is 63.2 Å². The molecule has 140 valence electrons. The molecule has 5 atom stereocenters. The minimum absolute atomic E-state index is 0. The van der Waals surface area contributed by atoms with Crippen LogP contribution in [0.3, 0.4) is 0 Å². The van der Waals surface area contributed by atoms with Crippen LogP contribution in [0.2, 0.25) is 0 Å². The summed E-state index contributed by atoms with van der Waals surface area (Å²) in [5.41, 5.74) is 0. The summed E-state index contributed by atoms with van der Waals surface area (Å²) in [6, 6.07) is 0. The van der Waals surface area contributed by atoms with E-state index in [0.717, 1.165) is 0 Å². The molecule has 1 fully saturated rings. The first kappa shape index (κ1) is 36.6. The number of hydrogen-bond acceptors (Lipinski definition) is 4. The van der Waals surface area contributed by atoms with Crippen LogP contribution < -0.4 is 0 Å². The van der Waals surface area contributed by atoms with Crippen LogP contribution in [0.25, 0.3) is 0 Å². The zero-order valence-corrected chi connectivity index (χ0v) is 26.2. The molecule has 4 nitrogen and oxygen atoms in total. The van der Waals surface area contributed by atoms with Gasteiger partial charge in [0.05, 0.1) is 12.7 Å². The van der Waals surface area contributed by atoms with Crippen molar-refractivity contribution < 1.29 is 82.7 Å². The van der Waals surface area contributed by atoms with Crippen molar-refractivity contribution in [2.24, 2.45) is 0 Å². The molecule has 0 aliphatic carbocycles. The van der Waals surface area contributed by atoms with E-state index < -0.39 is 26.1 Å². The second-order valence-corrected chi connectivity index (χ2v) is 9.64. The maximum Gasteiger partial charge on any atom is 0.111 e. The molecule has 23 heavy (non-hydrogen) atoms. The first-order chi connectivity index (χ1) is 9.17. The van der Waals surface area contributed by atoms with Gasteiger partial charge in [-0.1, -0.05) is 12.6 Å². The number of aliphatic hydroxyl groups is 2. The first-order valence-corrected chi connectivity index (χ1v) is 12.8. The molecule has 0 amide bonds. The molecule has 0 saturated carbocycles. The Morgan fingerprint density at radius 2 is 1.43 bits per heavy atom. The fraction of sp³-hybridized carbons (Fsp3) is 0.769. The SMILES string of the molecule is C=PC.C=[PH](C)C.C=[PH](C)OCC1OC(C)C(O)C1O.[W].[W].[W]. The molecular formula is C13H31O4P3W3. The van der Waals surface area contributed by atoms with Gasteiger partial charge in [-0.2, -0.15) is 0 Å². The third-order valence-electron chi connectivity index (χ3n) is 2.10. The van der Waals surface area contributed by atoms with Gasteiger partial charge in [0.1, 0.15) is 18.3 Å². The summed E-state index contributed by atoms with van der Waals surface area (Å²) in [6.45, 7) is 10.3. The summed E-state index contributed by atoms with van der Waals surface area (Å²) >= 11 is 0. The van der Waals surface area contributed by atoms with E-state index in [1.54, 1.807) is 6.92 Å². The van der Waals surface area contributed by atoms with Crippen LogP contribution in [0.1, 0.15) is 6.92 Å². The van der Waals surface area contributed by atoms with Crippen LogP contribution in [-0.4, -0.2) is 86.8 Å². The van der Waals surface area contributed by atoms with E-state index in [1.807, 2.05) is 13.3 Å². The van der Waals surface area contributed by atoms with Gasteiger partial charge in [0.15, 0.2) is 0 Å². The van der Waals surface area contributed by atoms with Gasteiger partial charge < -0.3 is 19.5 Å². The van der Waals surface area contributed by atoms with Gasteiger partial charge in [-0.15, -0.1) is 22.0 Å². The van der Waals surface area contributed by atoms with Gasteiger partial charge in [-0.3, -0.25) is 0 Å². The van der Waals surface area contributed by atoms with Crippen LogP contribution in [0.15, 0.2) is 0 Å². The number of aliphatic hydroxyl groups excluding tert-OH is 2. The number of ether oxygens (including phenoxy) is 1. The Morgan fingerprint density at radius 3 is 1.65 bits per heavy atom. The van der Waals surface area contributed by atoms with E-state index in [4.69, 9.17) is 9.26 Å². The summed E-state index contributed by atoms with van der Waals surface area (Å²) in [7, 11) is 0.0348. The molecule has 0 radical (unpaired) electrons. The Morgan fingerprint density at radius 1 is 1.09 bits per heavy atom. The van der Waals surface area contributed by atoms with E-state index in [-0.39, 0.29) is 76.8 Å². The van der Waals surface area contributed by atoms with Crippen molar-refractivity contribution in [2.75, 3.05) is 33.3 Å². The second-order valence-electron chi connectivity index (χ2n) is 4.90. The van der Waals surface area contributed by atoms with E-state index in [1.165, 1.54) is 8.20 Å². The largest absolute Gasteiger partial charge is 0.388 e. The molecule has 2 N–H and O–H groups in total. The smallest absolute Gasteiger partial charge is 0.111 e. The van der Waals surface area contributed by atoms with E-state index in [2.05, 4.69) is 32.2 Å². The van der Waals surface area contributed by atoms with Crippen LogP contribution in [-0.2, 0) is 72.5 Å². The van der Waals surface area contributed by atoms with E-state index in [0.29, 0.717) is 6.61 Å². The van der Waals surface area contributed by atoms with Gasteiger partial charge >= 0.3 is 0 Å². The maximum atomic E-state index is 9.48. The fourth-order valence-electron chi connectivity index (χ4n) is 1.30. The van der Waals surface area contributed by atoms with Crippen molar-refractivity contribution in [1.82, 2.24) is 0 Å². The molecule has 0 bridgehead atoms. The first-order valence-electron chi connectivity index (χ1n) is 6.44. The summed E-state index contributed by atoms with van der Waals surface area (Å²) in [5, 5.41) is 18.8. The van der Waals surface area contributed by atoms with Crippen molar-refractivity contribution in [3.8, 4) is 0 Å². The molecule has 10 heteroatoms. The van der Waals surface area contributed by atoms with Gasteiger partial charge in [0.2, 0.25) is 0 Å². The van der Waals surface area contributed by atoms with Crippen molar-refractivity contribution in [2.45, 2.75) is 31.3 Å². The van der Waals surface area contributed by atoms with Crippen LogP contribution in [0.4, 0.5) is 0 Å². The predicted molar refractivity (Wildman–Crippen MR) is 101 cm³/mol. The monoisotopic (exact) mass is 896 g/mol. The zero-order valence-electron chi connectivity index (χ0n) is 14.5. The van der Waals surface area contributed by atoms with Crippen molar-refractivity contribution in [3.05, 3.63) is 0 Å². The topological polar surface area (TPSA) is 58.9 Å². The van der Waals surface area contributed by atoms with Crippen LogP contribution >= 0.6 is 23.5 Å². The van der Waals surface area contributed by atoms with Gasteiger partial charge in [-0.25, -0.2) is 0 Å². The third kappa shape index (κ3) is 22.6. The maximum absolute atomic E-state index is 9.48. The molecule has 0 spiro atoms. The van der Waals surface area contributed by atoms with E-state index >= 15 is 0 Å². The number of rotatable bonds is 3. The average molecular weight is 896 g/mol. The molecule has 0 aromatic carbocycles. The second kappa shape index (κ2) is 22.7.